The van der Waals surface area contributed by atoms with E-state index in [2.05, 4.69) is 181 Å². The maximum absolute atomic E-state index is 3.73. The topological polar surface area (TPSA) is 15.3 Å². The van der Waals surface area contributed by atoms with Crippen LogP contribution in [0.15, 0.2) is 115 Å². The Morgan fingerprint density at radius 1 is 0.488 bits per heavy atom. The monoisotopic (exact) mass is 564 g/mol. The fourth-order valence-electron chi connectivity index (χ4n) is 6.34. The highest BCUT2D eigenvalue weighted by Gasteiger charge is 2.35. The summed E-state index contributed by atoms with van der Waals surface area (Å²) in [4.78, 5) is 2.35. The molecule has 43 heavy (non-hydrogen) atoms. The lowest BCUT2D eigenvalue weighted by atomic mass is 9.82. The van der Waals surface area contributed by atoms with Gasteiger partial charge >= 0.3 is 0 Å². The van der Waals surface area contributed by atoms with Gasteiger partial charge in [-0.3, -0.25) is 0 Å². The molecule has 5 aromatic rings. The van der Waals surface area contributed by atoms with Gasteiger partial charge in [-0.2, -0.15) is 0 Å². The van der Waals surface area contributed by atoms with Crippen LogP contribution in [0.3, 0.4) is 0 Å². The van der Waals surface area contributed by atoms with Crippen molar-refractivity contribution in [2.75, 3.05) is 10.2 Å². The zero-order chi connectivity index (χ0) is 30.6. The zero-order valence-corrected chi connectivity index (χ0v) is 26.9. The van der Waals surface area contributed by atoms with Crippen LogP contribution in [-0.4, -0.2) is 0 Å². The smallest absolute Gasteiger partial charge is 0.0482 e. The minimum atomic E-state index is -0.0271. The van der Waals surface area contributed by atoms with Crippen molar-refractivity contribution in [3.63, 3.8) is 0 Å². The highest BCUT2D eigenvalue weighted by atomic mass is 15.1. The van der Waals surface area contributed by atoms with Crippen molar-refractivity contribution < 1.29 is 0 Å². The molecule has 0 radical (unpaired) electrons. The third-order valence-electron chi connectivity index (χ3n) is 8.96. The lowest BCUT2D eigenvalue weighted by Crippen LogP contribution is -2.15. The van der Waals surface area contributed by atoms with Crippen molar-refractivity contribution >= 4 is 28.4 Å². The normalized spacial score (nSPS) is 13.8. The maximum Gasteiger partial charge on any atom is 0.0482 e. The van der Waals surface area contributed by atoms with Gasteiger partial charge in [-0.15, -0.1) is 0 Å². The van der Waals surface area contributed by atoms with Crippen LogP contribution in [0.2, 0.25) is 0 Å². The van der Waals surface area contributed by atoms with E-state index in [9.17, 15) is 0 Å². The number of nitrogens with zero attached hydrogens (tertiary/aromatic N) is 1. The molecule has 0 unspecified atom stereocenters. The van der Waals surface area contributed by atoms with Gasteiger partial charge in [0.1, 0.15) is 0 Å². The number of nitrogens with one attached hydrogen (secondary N) is 1. The van der Waals surface area contributed by atoms with Gasteiger partial charge in [-0.1, -0.05) is 116 Å². The van der Waals surface area contributed by atoms with Crippen molar-refractivity contribution in [1.82, 2.24) is 0 Å². The second-order valence-electron chi connectivity index (χ2n) is 14.5. The molecule has 0 aromatic heterocycles. The van der Waals surface area contributed by atoms with Crippen LogP contribution in [0.5, 0.6) is 0 Å². The highest BCUT2D eigenvalue weighted by Crippen LogP contribution is 2.49. The van der Waals surface area contributed by atoms with E-state index in [1.54, 1.807) is 0 Å². The quantitative estimate of drug-likeness (QED) is 0.228. The highest BCUT2D eigenvalue weighted by molar-refractivity contribution is 5.84. The number of hydrogen-bond donors (Lipinski definition) is 1. The predicted molar refractivity (Wildman–Crippen MR) is 186 cm³/mol. The van der Waals surface area contributed by atoms with E-state index in [0.29, 0.717) is 0 Å². The summed E-state index contributed by atoms with van der Waals surface area (Å²) in [5, 5.41) is 3.73. The summed E-state index contributed by atoms with van der Waals surface area (Å²) in [6.07, 6.45) is 0. The lowest BCUT2D eigenvalue weighted by Gasteiger charge is -2.28. The van der Waals surface area contributed by atoms with Crippen molar-refractivity contribution in [2.24, 2.45) is 0 Å². The van der Waals surface area contributed by atoms with Crippen LogP contribution in [0.4, 0.5) is 28.4 Å². The largest absolute Gasteiger partial charge is 0.355 e. The van der Waals surface area contributed by atoms with Crippen molar-refractivity contribution in [3.05, 3.63) is 138 Å². The molecule has 0 atom stereocenters. The average molecular weight is 565 g/mol. The molecule has 2 heteroatoms. The second kappa shape index (κ2) is 10.5. The molecule has 0 saturated heterocycles. The summed E-state index contributed by atoms with van der Waals surface area (Å²) < 4.78 is 0. The van der Waals surface area contributed by atoms with E-state index < -0.39 is 0 Å². The molecular formula is C41H44N2. The van der Waals surface area contributed by atoms with E-state index in [0.717, 1.165) is 28.4 Å². The maximum atomic E-state index is 3.73. The van der Waals surface area contributed by atoms with Crippen LogP contribution in [0, 0.1) is 0 Å². The van der Waals surface area contributed by atoms with Crippen LogP contribution in [0.1, 0.15) is 77.6 Å². The molecule has 0 spiro atoms. The summed E-state index contributed by atoms with van der Waals surface area (Å²) in [6, 6.07) is 42.4. The Bertz CT molecular complexity index is 1700. The van der Waals surface area contributed by atoms with Gasteiger partial charge in [-0.25, -0.2) is 0 Å². The van der Waals surface area contributed by atoms with Crippen molar-refractivity contribution in [1.29, 1.82) is 0 Å². The van der Waals surface area contributed by atoms with E-state index >= 15 is 0 Å². The molecule has 0 aliphatic heterocycles. The fraction of sp³-hybridized carbons (Fsp3) is 0.268. The van der Waals surface area contributed by atoms with E-state index in [4.69, 9.17) is 0 Å². The number of hydrogen-bond acceptors (Lipinski definition) is 2. The Morgan fingerprint density at radius 3 is 1.60 bits per heavy atom. The third-order valence-corrected chi connectivity index (χ3v) is 8.96. The summed E-state index contributed by atoms with van der Waals surface area (Å²) in [6.45, 7) is 18.2. The molecule has 1 aliphatic rings. The summed E-state index contributed by atoms with van der Waals surface area (Å²) in [7, 11) is 0. The summed E-state index contributed by atoms with van der Waals surface area (Å²) >= 11 is 0. The molecule has 0 fully saturated rings. The first-order valence-electron chi connectivity index (χ1n) is 15.5. The fourth-order valence-corrected chi connectivity index (χ4v) is 6.34. The lowest BCUT2D eigenvalue weighted by molar-refractivity contribution is 0.590. The van der Waals surface area contributed by atoms with Gasteiger partial charge in [0.15, 0.2) is 0 Å². The average Bonchev–Trinajstić information content (AvgIpc) is 3.19. The second-order valence-corrected chi connectivity index (χ2v) is 14.5. The molecular weight excluding hydrogens is 520 g/mol. The molecule has 2 nitrogen and oxygen atoms in total. The first-order valence-corrected chi connectivity index (χ1v) is 15.5. The summed E-state index contributed by atoms with van der Waals surface area (Å²) in [5.41, 5.74) is 13.9. The Morgan fingerprint density at radius 2 is 1.02 bits per heavy atom. The molecule has 218 valence electrons. The van der Waals surface area contributed by atoms with Gasteiger partial charge < -0.3 is 10.2 Å². The van der Waals surface area contributed by atoms with E-state index in [1.165, 1.54) is 33.4 Å². The summed E-state index contributed by atoms with van der Waals surface area (Å²) in [5.74, 6) is 0. The van der Waals surface area contributed by atoms with E-state index in [1.807, 2.05) is 0 Å². The molecule has 1 N–H and O–H groups in total. The molecule has 5 aromatic carbocycles. The number of rotatable bonds is 5. The Hall–Kier alpha value is -4.30. The standard InChI is InChI=1S/C41H44N2/c1-39(2,3)28-16-21-32(22-17-28)43(33-23-18-29(19-24-33)40(4,5)6)34-13-11-12-30(26-34)42-31-20-25-36-35-14-9-10-15-37(35)41(7,8)38(36)27-31/h9-27,42H,1-8H3. The molecule has 0 saturated carbocycles. The van der Waals surface area contributed by atoms with Crippen molar-refractivity contribution in [2.45, 2.75) is 71.6 Å². The minimum Gasteiger partial charge on any atom is -0.355 e. The molecule has 0 bridgehead atoms. The molecule has 6 rings (SSSR count). The van der Waals surface area contributed by atoms with Crippen molar-refractivity contribution in [3.8, 4) is 11.1 Å². The molecule has 0 heterocycles. The van der Waals surface area contributed by atoms with Crippen LogP contribution in [0.25, 0.3) is 11.1 Å². The van der Waals surface area contributed by atoms with Gasteiger partial charge in [-0.05, 0) is 98.8 Å². The SMILES string of the molecule is CC(C)(C)c1ccc(N(c2ccc(C(C)(C)C)cc2)c2cccc(Nc3ccc4c(c3)C(C)(C)c3ccccc3-4)c2)cc1. The van der Waals surface area contributed by atoms with Crippen LogP contribution in [-0.2, 0) is 16.2 Å². The van der Waals surface area contributed by atoms with E-state index in [-0.39, 0.29) is 16.2 Å². The molecule has 1 aliphatic carbocycles. The van der Waals surface area contributed by atoms with Gasteiger partial charge in [0.25, 0.3) is 0 Å². The number of fused-ring (bicyclic) bond motifs is 3. The molecule has 0 amide bonds. The Kier molecular flexibility index (Phi) is 7.00. The third kappa shape index (κ3) is 5.47. The predicted octanol–water partition coefficient (Wildman–Crippen LogP) is 11.8. The number of anilines is 5. The van der Waals surface area contributed by atoms with Crippen LogP contribution >= 0.6 is 0 Å². The Labute approximate surface area is 258 Å². The van der Waals surface area contributed by atoms with Gasteiger partial charge in [0.2, 0.25) is 0 Å². The van der Waals surface area contributed by atoms with Crippen LogP contribution < -0.4 is 10.2 Å². The van der Waals surface area contributed by atoms with Gasteiger partial charge in [0, 0.05) is 33.9 Å². The Balaban J connectivity index is 1.36. The zero-order valence-electron chi connectivity index (χ0n) is 26.9. The van der Waals surface area contributed by atoms with Gasteiger partial charge in [0.05, 0.1) is 0 Å². The number of benzene rings is 5. The first kappa shape index (κ1) is 28.8. The first-order chi connectivity index (χ1) is 20.3. The minimum absolute atomic E-state index is 0.0271.